The van der Waals surface area contributed by atoms with E-state index in [4.69, 9.17) is 5.11 Å². The topological polar surface area (TPSA) is 49.3 Å². The Morgan fingerprint density at radius 1 is 1.35 bits per heavy atom. The second-order valence-electron chi connectivity index (χ2n) is 4.88. The number of aryl methyl sites for hydroxylation is 1. The standard InChI is InChI=1S/C16H25NO2S/c1-2-14(8-10-18)12-17-16(19)13-20-11-9-15-6-4-3-5-7-15/h3-7,14,18H,2,8-13H2,1H3,(H,17,19). The zero-order chi connectivity index (χ0) is 14.6. The van der Waals surface area contributed by atoms with Crippen LogP contribution in [-0.2, 0) is 11.2 Å². The van der Waals surface area contributed by atoms with Crippen LogP contribution in [0.25, 0.3) is 0 Å². The molecule has 0 saturated carbocycles. The zero-order valence-electron chi connectivity index (χ0n) is 12.2. The van der Waals surface area contributed by atoms with Crippen molar-refractivity contribution < 1.29 is 9.90 Å². The van der Waals surface area contributed by atoms with Crippen LogP contribution in [0.1, 0.15) is 25.3 Å². The van der Waals surface area contributed by atoms with Gasteiger partial charge in [0.05, 0.1) is 5.75 Å². The van der Waals surface area contributed by atoms with Gasteiger partial charge in [0.1, 0.15) is 0 Å². The van der Waals surface area contributed by atoms with Gasteiger partial charge in [0.25, 0.3) is 0 Å². The predicted octanol–water partition coefficient (Wildman–Crippen LogP) is 2.49. The molecule has 0 fully saturated rings. The average molecular weight is 295 g/mol. The van der Waals surface area contributed by atoms with E-state index < -0.39 is 0 Å². The van der Waals surface area contributed by atoms with Crippen LogP contribution in [-0.4, -0.2) is 35.7 Å². The number of amides is 1. The van der Waals surface area contributed by atoms with Crippen LogP contribution in [0.5, 0.6) is 0 Å². The van der Waals surface area contributed by atoms with Gasteiger partial charge in [-0.2, -0.15) is 11.8 Å². The summed E-state index contributed by atoms with van der Waals surface area (Å²) in [5.41, 5.74) is 1.31. The summed E-state index contributed by atoms with van der Waals surface area (Å²) < 4.78 is 0. The molecule has 1 amide bonds. The van der Waals surface area contributed by atoms with Crippen LogP contribution in [0.4, 0.5) is 0 Å². The summed E-state index contributed by atoms with van der Waals surface area (Å²) in [5, 5.41) is 11.8. The van der Waals surface area contributed by atoms with Gasteiger partial charge >= 0.3 is 0 Å². The molecule has 0 aliphatic heterocycles. The number of aliphatic hydroxyl groups is 1. The second-order valence-corrected chi connectivity index (χ2v) is 5.98. The molecule has 1 rings (SSSR count). The van der Waals surface area contributed by atoms with Gasteiger partial charge < -0.3 is 10.4 Å². The van der Waals surface area contributed by atoms with E-state index >= 15 is 0 Å². The number of rotatable bonds is 10. The summed E-state index contributed by atoms with van der Waals surface area (Å²) in [6.45, 7) is 2.95. The molecule has 1 atom stereocenters. The lowest BCUT2D eigenvalue weighted by Gasteiger charge is -2.14. The first-order valence-electron chi connectivity index (χ1n) is 7.25. The van der Waals surface area contributed by atoms with Crippen molar-refractivity contribution in [1.82, 2.24) is 5.32 Å². The highest BCUT2D eigenvalue weighted by molar-refractivity contribution is 7.99. The SMILES string of the molecule is CCC(CCO)CNC(=O)CSCCc1ccccc1. The molecule has 1 unspecified atom stereocenters. The number of thioether (sulfide) groups is 1. The third kappa shape index (κ3) is 7.56. The molecule has 0 heterocycles. The highest BCUT2D eigenvalue weighted by atomic mass is 32.2. The molecule has 1 aromatic carbocycles. The van der Waals surface area contributed by atoms with E-state index in [1.807, 2.05) is 18.2 Å². The van der Waals surface area contributed by atoms with Gasteiger partial charge in [0, 0.05) is 13.2 Å². The van der Waals surface area contributed by atoms with Crippen molar-refractivity contribution in [3.8, 4) is 0 Å². The molecule has 3 nitrogen and oxygen atoms in total. The number of nitrogens with one attached hydrogen (secondary N) is 1. The summed E-state index contributed by atoms with van der Waals surface area (Å²) in [4.78, 5) is 11.7. The zero-order valence-corrected chi connectivity index (χ0v) is 13.0. The van der Waals surface area contributed by atoms with Gasteiger partial charge in [0.2, 0.25) is 5.91 Å². The minimum absolute atomic E-state index is 0.0967. The fourth-order valence-electron chi connectivity index (χ4n) is 1.94. The molecule has 0 saturated heterocycles. The molecule has 112 valence electrons. The molecule has 0 bridgehead atoms. The monoisotopic (exact) mass is 295 g/mol. The maximum atomic E-state index is 11.7. The molecule has 2 N–H and O–H groups in total. The Kier molecular flexibility index (Phi) is 9.16. The van der Waals surface area contributed by atoms with Crippen LogP contribution >= 0.6 is 11.8 Å². The first kappa shape index (κ1) is 17.1. The van der Waals surface area contributed by atoms with E-state index in [2.05, 4.69) is 24.4 Å². The lowest BCUT2D eigenvalue weighted by molar-refractivity contribution is -0.118. The van der Waals surface area contributed by atoms with Crippen molar-refractivity contribution >= 4 is 17.7 Å². The van der Waals surface area contributed by atoms with E-state index in [1.165, 1.54) is 5.56 Å². The van der Waals surface area contributed by atoms with Gasteiger partial charge in [-0.15, -0.1) is 0 Å². The van der Waals surface area contributed by atoms with Gasteiger partial charge in [-0.3, -0.25) is 4.79 Å². The van der Waals surface area contributed by atoms with Crippen molar-refractivity contribution in [2.45, 2.75) is 26.2 Å². The number of aliphatic hydroxyl groups excluding tert-OH is 1. The van der Waals surface area contributed by atoms with Crippen molar-refractivity contribution in [2.75, 3.05) is 24.7 Å². The maximum absolute atomic E-state index is 11.7. The fourth-order valence-corrected chi connectivity index (χ4v) is 2.75. The van der Waals surface area contributed by atoms with Crippen molar-refractivity contribution in [1.29, 1.82) is 0 Å². The maximum Gasteiger partial charge on any atom is 0.230 e. The van der Waals surface area contributed by atoms with Crippen LogP contribution in [0, 0.1) is 5.92 Å². The minimum atomic E-state index is 0.0967. The Bertz CT molecular complexity index is 370. The smallest absolute Gasteiger partial charge is 0.230 e. The number of hydrogen-bond donors (Lipinski definition) is 2. The summed E-state index contributed by atoms with van der Waals surface area (Å²) in [6, 6.07) is 10.3. The first-order chi connectivity index (χ1) is 9.76. The fraction of sp³-hybridized carbons (Fsp3) is 0.562. The number of benzene rings is 1. The lowest BCUT2D eigenvalue weighted by atomic mass is 10.0. The molecule has 4 heteroatoms. The molecular formula is C16H25NO2S. The van der Waals surface area contributed by atoms with Gasteiger partial charge in [0.15, 0.2) is 0 Å². The van der Waals surface area contributed by atoms with E-state index in [9.17, 15) is 4.79 Å². The van der Waals surface area contributed by atoms with Crippen LogP contribution in [0.2, 0.25) is 0 Å². The number of carbonyl (C=O) groups excluding carboxylic acids is 1. The van der Waals surface area contributed by atoms with Gasteiger partial charge in [-0.05, 0) is 30.1 Å². The molecule has 0 aliphatic carbocycles. The van der Waals surface area contributed by atoms with Crippen molar-refractivity contribution in [3.05, 3.63) is 35.9 Å². The molecule has 0 spiro atoms. The van der Waals surface area contributed by atoms with Crippen molar-refractivity contribution in [3.63, 3.8) is 0 Å². The molecule has 0 aromatic heterocycles. The Balaban J connectivity index is 2.08. The van der Waals surface area contributed by atoms with Gasteiger partial charge in [-0.1, -0.05) is 43.7 Å². The van der Waals surface area contributed by atoms with Crippen molar-refractivity contribution in [2.24, 2.45) is 5.92 Å². The summed E-state index contributed by atoms with van der Waals surface area (Å²) in [5.74, 6) is 1.96. The third-order valence-corrected chi connectivity index (χ3v) is 4.27. The first-order valence-corrected chi connectivity index (χ1v) is 8.41. The number of carbonyl (C=O) groups is 1. The highest BCUT2D eigenvalue weighted by Crippen LogP contribution is 2.08. The van der Waals surface area contributed by atoms with Gasteiger partial charge in [-0.25, -0.2) is 0 Å². The van der Waals surface area contributed by atoms with Crippen LogP contribution in [0.3, 0.4) is 0 Å². The Morgan fingerprint density at radius 2 is 2.10 bits per heavy atom. The molecule has 1 aromatic rings. The average Bonchev–Trinajstić information content (AvgIpc) is 2.49. The third-order valence-electron chi connectivity index (χ3n) is 3.31. The Labute approximate surface area is 126 Å². The van der Waals surface area contributed by atoms with Crippen LogP contribution < -0.4 is 5.32 Å². The Hall–Kier alpha value is -1.00. The molecule has 0 radical (unpaired) electrons. The normalized spacial score (nSPS) is 12.1. The largest absolute Gasteiger partial charge is 0.396 e. The van der Waals surface area contributed by atoms with Crippen LogP contribution in [0.15, 0.2) is 30.3 Å². The quantitative estimate of drug-likeness (QED) is 0.652. The molecular weight excluding hydrogens is 270 g/mol. The predicted molar refractivity (Wildman–Crippen MR) is 86.0 cm³/mol. The minimum Gasteiger partial charge on any atom is -0.396 e. The molecule has 20 heavy (non-hydrogen) atoms. The summed E-state index contributed by atoms with van der Waals surface area (Å²) in [7, 11) is 0. The summed E-state index contributed by atoms with van der Waals surface area (Å²) >= 11 is 1.67. The second kappa shape index (κ2) is 10.7. The van der Waals surface area contributed by atoms with E-state index in [-0.39, 0.29) is 12.5 Å². The van der Waals surface area contributed by atoms with E-state index in [0.29, 0.717) is 18.2 Å². The number of hydrogen-bond acceptors (Lipinski definition) is 3. The molecule has 0 aliphatic rings. The Morgan fingerprint density at radius 3 is 2.75 bits per heavy atom. The van der Waals surface area contributed by atoms with E-state index in [0.717, 1.165) is 25.0 Å². The highest BCUT2D eigenvalue weighted by Gasteiger charge is 2.08. The summed E-state index contributed by atoms with van der Waals surface area (Å²) in [6.07, 6.45) is 2.75. The van der Waals surface area contributed by atoms with E-state index in [1.54, 1.807) is 11.8 Å². The lowest BCUT2D eigenvalue weighted by Crippen LogP contribution is -2.31.